The molecule has 0 unspecified atom stereocenters. The number of hydrogen-bond acceptors (Lipinski definition) is 4. The van der Waals surface area contributed by atoms with Gasteiger partial charge in [-0.05, 0) is 29.8 Å². The third-order valence-corrected chi connectivity index (χ3v) is 3.69. The molecule has 0 saturated carbocycles. The van der Waals surface area contributed by atoms with Crippen LogP contribution in [0.25, 0.3) is 10.9 Å². The van der Waals surface area contributed by atoms with Gasteiger partial charge in [0.25, 0.3) is 0 Å². The second-order valence-electron chi connectivity index (χ2n) is 4.72. The average Bonchev–Trinajstić information content (AvgIpc) is 3.00. The van der Waals surface area contributed by atoms with Gasteiger partial charge in [-0.2, -0.15) is 5.10 Å². The molecule has 0 saturated heterocycles. The molecule has 0 amide bonds. The summed E-state index contributed by atoms with van der Waals surface area (Å²) in [5.74, 6) is 0.364. The monoisotopic (exact) mass is 360 g/mol. The van der Waals surface area contributed by atoms with Crippen molar-refractivity contribution in [2.45, 2.75) is 6.61 Å². The number of hydrogen-bond donors (Lipinski definition) is 1. The first-order chi connectivity index (χ1) is 10.7. The fourth-order valence-electron chi connectivity index (χ4n) is 2.17. The van der Waals surface area contributed by atoms with Gasteiger partial charge >= 0.3 is 5.97 Å². The van der Waals surface area contributed by atoms with Gasteiger partial charge in [-0.25, -0.2) is 4.79 Å². The summed E-state index contributed by atoms with van der Waals surface area (Å²) >= 11 is 3.45. The lowest BCUT2D eigenvalue weighted by Crippen LogP contribution is -2.03. The molecule has 3 rings (SSSR count). The lowest BCUT2D eigenvalue weighted by Gasteiger charge is -2.09. The molecule has 0 fully saturated rings. The first-order valence-corrected chi connectivity index (χ1v) is 7.39. The van der Waals surface area contributed by atoms with Crippen LogP contribution in [0.4, 0.5) is 0 Å². The number of carbonyl (C=O) groups is 1. The Kier molecular flexibility index (Phi) is 4.11. The van der Waals surface area contributed by atoms with Crippen LogP contribution in [0.5, 0.6) is 5.75 Å². The van der Waals surface area contributed by atoms with Crippen LogP contribution < -0.4 is 4.74 Å². The SMILES string of the molecule is COC(=O)c1cccc(COc2cc(Br)cc3[nH]ncc23)c1. The fraction of sp³-hybridized carbons (Fsp3) is 0.125. The highest BCUT2D eigenvalue weighted by molar-refractivity contribution is 9.10. The summed E-state index contributed by atoms with van der Waals surface area (Å²) in [4.78, 5) is 11.5. The van der Waals surface area contributed by atoms with Crippen LogP contribution in [0.2, 0.25) is 0 Å². The van der Waals surface area contributed by atoms with E-state index in [2.05, 4.69) is 26.1 Å². The van der Waals surface area contributed by atoms with Crippen molar-refractivity contribution in [2.24, 2.45) is 0 Å². The van der Waals surface area contributed by atoms with E-state index >= 15 is 0 Å². The van der Waals surface area contributed by atoms with Crippen LogP contribution in [0.3, 0.4) is 0 Å². The predicted molar refractivity (Wildman–Crippen MR) is 85.9 cm³/mol. The maximum atomic E-state index is 11.5. The van der Waals surface area contributed by atoms with Crippen LogP contribution in [-0.4, -0.2) is 23.3 Å². The van der Waals surface area contributed by atoms with Gasteiger partial charge < -0.3 is 9.47 Å². The van der Waals surface area contributed by atoms with E-state index in [1.807, 2.05) is 18.2 Å². The summed E-state index contributed by atoms with van der Waals surface area (Å²) in [6.45, 7) is 0.349. The first-order valence-electron chi connectivity index (χ1n) is 6.60. The van der Waals surface area contributed by atoms with Gasteiger partial charge in [0, 0.05) is 4.47 Å². The molecule has 3 aromatic rings. The Morgan fingerprint density at radius 1 is 1.32 bits per heavy atom. The number of aromatic nitrogens is 2. The quantitative estimate of drug-likeness (QED) is 0.720. The van der Waals surface area contributed by atoms with E-state index in [0.717, 1.165) is 26.7 Å². The standard InChI is InChI=1S/C16H13BrN2O3/c1-21-16(20)11-4-2-3-10(5-11)9-22-15-7-12(17)6-14-13(15)8-18-19-14/h2-8H,9H2,1H3,(H,18,19). The van der Waals surface area contributed by atoms with E-state index in [0.29, 0.717) is 12.2 Å². The van der Waals surface area contributed by atoms with Crippen molar-refractivity contribution in [3.05, 3.63) is 58.2 Å². The van der Waals surface area contributed by atoms with E-state index in [1.165, 1.54) is 7.11 Å². The van der Waals surface area contributed by atoms with Crippen LogP contribution >= 0.6 is 15.9 Å². The Bertz CT molecular complexity index is 829. The third-order valence-electron chi connectivity index (χ3n) is 3.23. The van der Waals surface area contributed by atoms with Crippen LogP contribution in [0.1, 0.15) is 15.9 Å². The number of methoxy groups -OCH3 is 1. The Morgan fingerprint density at radius 2 is 2.18 bits per heavy atom. The fourth-order valence-corrected chi connectivity index (χ4v) is 2.61. The van der Waals surface area contributed by atoms with Gasteiger partial charge in [0.1, 0.15) is 12.4 Å². The topological polar surface area (TPSA) is 64.2 Å². The maximum Gasteiger partial charge on any atom is 0.337 e. The average molecular weight is 361 g/mol. The van der Waals surface area contributed by atoms with Crippen molar-refractivity contribution < 1.29 is 14.3 Å². The highest BCUT2D eigenvalue weighted by Crippen LogP contribution is 2.29. The highest BCUT2D eigenvalue weighted by Gasteiger charge is 2.08. The summed E-state index contributed by atoms with van der Waals surface area (Å²) in [6, 6.07) is 11.0. The highest BCUT2D eigenvalue weighted by atomic mass is 79.9. The van der Waals surface area contributed by atoms with Crippen LogP contribution in [-0.2, 0) is 11.3 Å². The van der Waals surface area contributed by atoms with Crippen LogP contribution in [0.15, 0.2) is 47.1 Å². The van der Waals surface area contributed by atoms with Crippen molar-refractivity contribution in [2.75, 3.05) is 7.11 Å². The van der Waals surface area contributed by atoms with E-state index in [-0.39, 0.29) is 5.97 Å². The molecule has 5 nitrogen and oxygen atoms in total. The van der Waals surface area contributed by atoms with Gasteiger partial charge in [0.2, 0.25) is 0 Å². The summed E-state index contributed by atoms with van der Waals surface area (Å²) in [5.41, 5.74) is 2.29. The van der Waals surface area contributed by atoms with Gasteiger partial charge in [0.15, 0.2) is 0 Å². The summed E-state index contributed by atoms with van der Waals surface area (Å²) in [6.07, 6.45) is 1.72. The zero-order valence-electron chi connectivity index (χ0n) is 11.8. The van der Waals surface area contributed by atoms with Crippen molar-refractivity contribution in [3.63, 3.8) is 0 Å². The number of fused-ring (bicyclic) bond motifs is 1. The molecular weight excluding hydrogens is 348 g/mol. The third kappa shape index (κ3) is 2.96. The van der Waals surface area contributed by atoms with Crippen molar-refractivity contribution in [1.29, 1.82) is 0 Å². The number of nitrogens with one attached hydrogen (secondary N) is 1. The smallest absolute Gasteiger partial charge is 0.337 e. The molecule has 0 aliphatic rings. The van der Waals surface area contributed by atoms with Crippen molar-refractivity contribution in [1.82, 2.24) is 10.2 Å². The lowest BCUT2D eigenvalue weighted by molar-refractivity contribution is 0.0600. The zero-order chi connectivity index (χ0) is 15.5. The molecule has 0 bridgehead atoms. The summed E-state index contributed by atoms with van der Waals surface area (Å²) in [7, 11) is 1.36. The van der Waals surface area contributed by atoms with Crippen LogP contribution in [0, 0.1) is 0 Å². The molecule has 2 aromatic carbocycles. The Balaban J connectivity index is 1.82. The largest absolute Gasteiger partial charge is 0.488 e. The molecule has 0 aliphatic heterocycles. The van der Waals surface area contributed by atoms with E-state index < -0.39 is 0 Å². The zero-order valence-corrected chi connectivity index (χ0v) is 13.4. The predicted octanol–water partition coefficient (Wildman–Crippen LogP) is 3.69. The Morgan fingerprint density at radius 3 is 3.00 bits per heavy atom. The maximum absolute atomic E-state index is 11.5. The Hall–Kier alpha value is -2.34. The number of ether oxygens (including phenoxy) is 2. The van der Waals surface area contributed by atoms with Gasteiger partial charge in [-0.1, -0.05) is 28.1 Å². The minimum absolute atomic E-state index is 0.349. The van der Waals surface area contributed by atoms with Crippen molar-refractivity contribution in [3.8, 4) is 5.75 Å². The number of halogens is 1. The van der Waals surface area contributed by atoms with Crippen molar-refractivity contribution >= 4 is 32.8 Å². The Labute approximate surface area is 135 Å². The number of carbonyl (C=O) groups excluding carboxylic acids is 1. The number of esters is 1. The molecule has 0 aliphatic carbocycles. The van der Waals surface area contributed by atoms with Gasteiger partial charge in [-0.15, -0.1) is 0 Å². The minimum Gasteiger partial charge on any atom is -0.488 e. The summed E-state index contributed by atoms with van der Waals surface area (Å²) < 4.78 is 11.5. The number of rotatable bonds is 4. The molecule has 1 aromatic heterocycles. The number of aromatic amines is 1. The molecule has 1 heterocycles. The molecule has 0 radical (unpaired) electrons. The second kappa shape index (κ2) is 6.19. The molecular formula is C16H13BrN2O3. The summed E-state index contributed by atoms with van der Waals surface area (Å²) in [5, 5.41) is 7.84. The minimum atomic E-state index is -0.360. The number of nitrogens with zero attached hydrogens (tertiary/aromatic N) is 1. The van der Waals surface area contributed by atoms with Gasteiger partial charge in [-0.3, -0.25) is 5.10 Å². The first kappa shape index (κ1) is 14.6. The van der Waals surface area contributed by atoms with E-state index in [1.54, 1.807) is 24.4 Å². The lowest BCUT2D eigenvalue weighted by atomic mass is 10.1. The number of benzene rings is 2. The van der Waals surface area contributed by atoms with E-state index in [4.69, 9.17) is 9.47 Å². The number of H-pyrrole nitrogens is 1. The molecule has 1 N–H and O–H groups in total. The normalized spacial score (nSPS) is 10.6. The molecule has 22 heavy (non-hydrogen) atoms. The molecule has 0 spiro atoms. The molecule has 6 heteroatoms. The molecule has 112 valence electrons. The molecule has 0 atom stereocenters. The second-order valence-corrected chi connectivity index (χ2v) is 5.63. The van der Waals surface area contributed by atoms with Gasteiger partial charge in [0.05, 0.1) is 29.8 Å². The van der Waals surface area contributed by atoms with E-state index in [9.17, 15) is 4.79 Å².